The van der Waals surface area contributed by atoms with Crippen molar-refractivity contribution in [3.8, 4) is 0 Å². The average Bonchev–Trinajstić information content (AvgIpc) is 2.73. The van der Waals surface area contributed by atoms with Crippen LogP contribution in [0.4, 0.5) is 16.2 Å². The maximum Gasteiger partial charge on any atom is 0.317 e. The fourth-order valence-corrected chi connectivity index (χ4v) is 3.24. The first-order valence-corrected chi connectivity index (χ1v) is 9.16. The number of nitrogens with one attached hydrogen (secondary N) is 1. The maximum absolute atomic E-state index is 12.4. The molecule has 28 heavy (non-hydrogen) atoms. The summed E-state index contributed by atoms with van der Waals surface area (Å²) >= 11 is 0. The van der Waals surface area contributed by atoms with Crippen LogP contribution < -0.4 is 10.2 Å². The Morgan fingerprint density at radius 3 is 2.43 bits per heavy atom. The number of nitrogens with zero attached hydrogens (tertiary/aromatic N) is 3. The SMILES string of the molecule is COCc1cccc(CNC(=O)N2CCN(c3ccc([N+](=O)[O-])cc3)CC2)c1. The molecule has 1 aliphatic heterocycles. The minimum atomic E-state index is -0.406. The van der Waals surface area contributed by atoms with Crippen molar-refractivity contribution in [2.24, 2.45) is 0 Å². The zero-order chi connectivity index (χ0) is 19.9. The van der Waals surface area contributed by atoms with Gasteiger partial charge < -0.3 is 19.9 Å². The largest absolute Gasteiger partial charge is 0.380 e. The van der Waals surface area contributed by atoms with Gasteiger partial charge in [-0.25, -0.2) is 4.79 Å². The zero-order valence-corrected chi connectivity index (χ0v) is 15.8. The molecule has 1 aliphatic rings. The monoisotopic (exact) mass is 384 g/mol. The summed E-state index contributed by atoms with van der Waals surface area (Å²) in [4.78, 5) is 26.7. The summed E-state index contributed by atoms with van der Waals surface area (Å²) in [5.41, 5.74) is 3.12. The van der Waals surface area contributed by atoms with Crippen LogP contribution in [0, 0.1) is 10.1 Å². The number of carbonyl (C=O) groups excluding carboxylic acids is 1. The van der Waals surface area contributed by atoms with Crippen LogP contribution in [0.15, 0.2) is 48.5 Å². The first-order chi connectivity index (χ1) is 13.6. The van der Waals surface area contributed by atoms with Crippen molar-refractivity contribution in [1.82, 2.24) is 10.2 Å². The zero-order valence-electron chi connectivity index (χ0n) is 15.8. The van der Waals surface area contributed by atoms with Gasteiger partial charge in [-0.2, -0.15) is 0 Å². The lowest BCUT2D eigenvalue weighted by molar-refractivity contribution is -0.384. The highest BCUT2D eigenvalue weighted by atomic mass is 16.6. The number of amides is 2. The lowest BCUT2D eigenvalue weighted by Crippen LogP contribution is -2.51. The Kier molecular flexibility index (Phi) is 6.44. The summed E-state index contributed by atoms with van der Waals surface area (Å²) in [6.45, 7) is 3.60. The summed E-state index contributed by atoms with van der Waals surface area (Å²) in [5.74, 6) is 0. The topological polar surface area (TPSA) is 88.0 Å². The van der Waals surface area contributed by atoms with Crippen LogP contribution in [-0.2, 0) is 17.9 Å². The van der Waals surface area contributed by atoms with Gasteiger partial charge in [0.2, 0.25) is 0 Å². The molecule has 0 aliphatic carbocycles. The number of nitro groups is 1. The average molecular weight is 384 g/mol. The van der Waals surface area contributed by atoms with E-state index in [1.807, 2.05) is 24.3 Å². The van der Waals surface area contributed by atoms with Gasteiger partial charge in [-0.3, -0.25) is 10.1 Å². The van der Waals surface area contributed by atoms with Crippen molar-refractivity contribution in [2.45, 2.75) is 13.2 Å². The standard InChI is InChI=1S/C20H24N4O4/c1-28-15-17-4-2-3-16(13-17)14-21-20(25)23-11-9-22(10-12-23)18-5-7-19(8-6-18)24(26)27/h2-8,13H,9-12,14-15H2,1H3,(H,21,25). The number of carbonyl (C=O) groups is 1. The van der Waals surface area contributed by atoms with Gasteiger partial charge in [0.1, 0.15) is 0 Å². The van der Waals surface area contributed by atoms with Crippen molar-refractivity contribution in [2.75, 3.05) is 38.2 Å². The first kappa shape index (κ1) is 19.6. The summed E-state index contributed by atoms with van der Waals surface area (Å²) < 4.78 is 5.13. The van der Waals surface area contributed by atoms with Gasteiger partial charge in [0.05, 0.1) is 11.5 Å². The molecule has 1 fully saturated rings. The van der Waals surface area contributed by atoms with Crippen molar-refractivity contribution in [3.63, 3.8) is 0 Å². The Morgan fingerprint density at radius 2 is 1.79 bits per heavy atom. The van der Waals surface area contributed by atoms with Crippen LogP contribution in [0.2, 0.25) is 0 Å². The fourth-order valence-electron chi connectivity index (χ4n) is 3.24. The van der Waals surface area contributed by atoms with Crippen LogP contribution in [0.5, 0.6) is 0 Å². The molecule has 1 N–H and O–H groups in total. The lowest BCUT2D eigenvalue weighted by Gasteiger charge is -2.36. The highest BCUT2D eigenvalue weighted by Gasteiger charge is 2.21. The van der Waals surface area contributed by atoms with Crippen molar-refractivity contribution < 1.29 is 14.5 Å². The minimum absolute atomic E-state index is 0.0799. The molecule has 1 saturated heterocycles. The second-order valence-electron chi connectivity index (χ2n) is 6.66. The van der Waals surface area contributed by atoms with Crippen LogP contribution in [0.3, 0.4) is 0 Å². The lowest BCUT2D eigenvalue weighted by atomic mass is 10.1. The molecule has 0 saturated carbocycles. The van der Waals surface area contributed by atoms with Crippen LogP contribution >= 0.6 is 0 Å². The summed E-state index contributed by atoms with van der Waals surface area (Å²) in [6.07, 6.45) is 0. The Hall–Kier alpha value is -3.13. The third-order valence-corrected chi connectivity index (χ3v) is 4.74. The molecular formula is C20H24N4O4. The van der Waals surface area contributed by atoms with Gasteiger partial charge in [-0.15, -0.1) is 0 Å². The number of hydrogen-bond donors (Lipinski definition) is 1. The Balaban J connectivity index is 1.48. The van der Waals surface area contributed by atoms with E-state index in [4.69, 9.17) is 4.74 Å². The molecule has 8 heteroatoms. The number of nitro benzene ring substituents is 1. The molecule has 3 rings (SSSR count). The highest BCUT2D eigenvalue weighted by molar-refractivity contribution is 5.74. The number of methoxy groups -OCH3 is 1. The molecule has 0 spiro atoms. The molecule has 0 aromatic heterocycles. The molecule has 148 valence electrons. The Morgan fingerprint density at radius 1 is 1.11 bits per heavy atom. The number of non-ortho nitro benzene ring substituents is 1. The van der Waals surface area contributed by atoms with Gasteiger partial charge in [0.25, 0.3) is 5.69 Å². The summed E-state index contributed by atoms with van der Waals surface area (Å²) in [7, 11) is 1.66. The van der Waals surface area contributed by atoms with Crippen molar-refractivity contribution in [1.29, 1.82) is 0 Å². The van der Waals surface area contributed by atoms with Crippen molar-refractivity contribution >= 4 is 17.4 Å². The second kappa shape index (κ2) is 9.18. The molecule has 1 heterocycles. The van der Waals surface area contributed by atoms with E-state index in [1.165, 1.54) is 12.1 Å². The predicted molar refractivity (Wildman–Crippen MR) is 106 cm³/mol. The first-order valence-electron chi connectivity index (χ1n) is 9.16. The summed E-state index contributed by atoms with van der Waals surface area (Å²) in [6, 6.07) is 14.4. The number of hydrogen-bond acceptors (Lipinski definition) is 5. The molecule has 2 aromatic rings. The maximum atomic E-state index is 12.4. The normalized spacial score (nSPS) is 14.0. The van der Waals surface area contributed by atoms with E-state index in [2.05, 4.69) is 10.2 Å². The number of ether oxygens (including phenoxy) is 1. The molecule has 0 radical (unpaired) electrons. The second-order valence-corrected chi connectivity index (χ2v) is 6.66. The smallest absolute Gasteiger partial charge is 0.317 e. The Bertz CT molecular complexity index is 817. The molecule has 8 nitrogen and oxygen atoms in total. The molecule has 2 aromatic carbocycles. The number of urea groups is 1. The minimum Gasteiger partial charge on any atom is -0.380 e. The van der Waals surface area contributed by atoms with E-state index in [9.17, 15) is 14.9 Å². The van der Waals surface area contributed by atoms with E-state index >= 15 is 0 Å². The highest BCUT2D eigenvalue weighted by Crippen LogP contribution is 2.20. The van der Waals surface area contributed by atoms with E-state index < -0.39 is 4.92 Å². The molecule has 0 unspecified atom stereocenters. The van der Waals surface area contributed by atoms with Gasteiger partial charge in [0.15, 0.2) is 0 Å². The van der Waals surface area contributed by atoms with Crippen LogP contribution in [-0.4, -0.2) is 49.1 Å². The number of piperazine rings is 1. The number of rotatable bonds is 6. The van der Waals surface area contributed by atoms with Gasteiger partial charge >= 0.3 is 6.03 Å². The van der Waals surface area contributed by atoms with Gasteiger partial charge in [0, 0.05) is 57.7 Å². The van der Waals surface area contributed by atoms with Gasteiger partial charge in [-0.1, -0.05) is 24.3 Å². The third-order valence-electron chi connectivity index (χ3n) is 4.74. The molecule has 0 atom stereocenters. The quantitative estimate of drug-likeness (QED) is 0.611. The number of anilines is 1. The van der Waals surface area contributed by atoms with E-state index in [1.54, 1.807) is 24.1 Å². The predicted octanol–water partition coefficient (Wildman–Crippen LogP) is 2.77. The molecule has 0 bridgehead atoms. The van der Waals surface area contributed by atoms with E-state index in [-0.39, 0.29) is 11.7 Å². The van der Waals surface area contributed by atoms with Crippen molar-refractivity contribution in [3.05, 3.63) is 69.8 Å². The molecule has 2 amide bonds. The van der Waals surface area contributed by atoms with Gasteiger partial charge in [-0.05, 0) is 23.3 Å². The number of benzene rings is 2. The van der Waals surface area contributed by atoms with Crippen LogP contribution in [0.25, 0.3) is 0 Å². The summed E-state index contributed by atoms with van der Waals surface area (Å²) in [5, 5.41) is 13.7. The molecular weight excluding hydrogens is 360 g/mol. The van der Waals surface area contributed by atoms with E-state index in [0.29, 0.717) is 39.3 Å². The van der Waals surface area contributed by atoms with Crippen LogP contribution in [0.1, 0.15) is 11.1 Å². The third kappa shape index (κ3) is 4.98. The van der Waals surface area contributed by atoms with E-state index in [0.717, 1.165) is 16.8 Å². The fraction of sp³-hybridized carbons (Fsp3) is 0.350. The Labute approximate surface area is 163 Å².